The van der Waals surface area contributed by atoms with Gasteiger partial charge in [-0.15, -0.1) is 0 Å². The average molecular weight is 358 g/mol. The first-order valence-electron chi connectivity index (χ1n) is 8.89. The Kier molecular flexibility index (Phi) is 4.28. The number of amides is 1. The fourth-order valence-electron chi connectivity index (χ4n) is 3.80. The van der Waals surface area contributed by atoms with Gasteiger partial charge in [-0.25, -0.2) is 9.78 Å². The first kappa shape index (κ1) is 16.8. The molecule has 3 heterocycles. The number of benzene rings is 1. The summed E-state index contributed by atoms with van der Waals surface area (Å²) in [5, 5.41) is 9.31. The van der Waals surface area contributed by atoms with Crippen LogP contribution in [-0.4, -0.2) is 70.3 Å². The number of hydrogen-bond acceptors (Lipinski definition) is 5. The molecule has 2 saturated heterocycles. The fraction of sp³-hybridized carbons (Fsp3) is 0.500. The number of ether oxygens (including phenoxy) is 1. The number of hydrogen-bond donors (Lipinski definition) is 1. The van der Waals surface area contributed by atoms with Crippen LogP contribution in [-0.2, 0) is 16.6 Å². The summed E-state index contributed by atoms with van der Waals surface area (Å²) in [4.78, 5) is 32.5. The van der Waals surface area contributed by atoms with Gasteiger partial charge in [0.25, 0.3) is 5.91 Å². The molecule has 0 bridgehead atoms. The molecule has 0 spiro atoms. The number of anilines is 1. The minimum atomic E-state index is -0.940. The van der Waals surface area contributed by atoms with Crippen molar-refractivity contribution in [2.24, 2.45) is 7.05 Å². The smallest absolute Gasteiger partial charge is 0.326 e. The van der Waals surface area contributed by atoms with E-state index in [4.69, 9.17) is 9.72 Å². The molecule has 0 radical (unpaired) electrons. The highest BCUT2D eigenvalue weighted by molar-refractivity contribution is 5.99. The number of rotatable bonds is 3. The van der Waals surface area contributed by atoms with Crippen LogP contribution in [0.2, 0.25) is 0 Å². The van der Waals surface area contributed by atoms with Gasteiger partial charge in [0, 0.05) is 32.2 Å². The Bertz CT molecular complexity index is 856. The topological polar surface area (TPSA) is 87.9 Å². The van der Waals surface area contributed by atoms with E-state index in [9.17, 15) is 14.7 Å². The first-order valence-corrected chi connectivity index (χ1v) is 8.89. The van der Waals surface area contributed by atoms with Crippen molar-refractivity contribution in [2.75, 3.05) is 37.7 Å². The van der Waals surface area contributed by atoms with E-state index in [0.717, 1.165) is 36.5 Å². The molecule has 1 amide bonds. The number of morpholine rings is 1. The first-order chi connectivity index (χ1) is 12.6. The van der Waals surface area contributed by atoms with Crippen LogP contribution in [0.1, 0.15) is 23.2 Å². The number of aryl methyl sites for hydroxylation is 1. The lowest BCUT2D eigenvalue weighted by atomic mass is 10.1. The Hall–Kier alpha value is -2.61. The van der Waals surface area contributed by atoms with Crippen molar-refractivity contribution < 1.29 is 19.4 Å². The lowest BCUT2D eigenvalue weighted by Gasteiger charge is -2.27. The van der Waals surface area contributed by atoms with Gasteiger partial charge < -0.3 is 24.2 Å². The third-order valence-corrected chi connectivity index (χ3v) is 5.20. The summed E-state index contributed by atoms with van der Waals surface area (Å²) in [6, 6.07) is 4.67. The van der Waals surface area contributed by atoms with Crippen molar-refractivity contribution in [3.63, 3.8) is 0 Å². The minimum Gasteiger partial charge on any atom is -0.480 e. The van der Waals surface area contributed by atoms with Crippen LogP contribution >= 0.6 is 0 Å². The van der Waals surface area contributed by atoms with Crippen molar-refractivity contribution in [3.05, 3.63) is 23.8 Å². The molecule has 26 heavy (non-hydrogen) atoms. The van der Waals surface area contributed by atoms with Crippen LogP contribution in [0.5, 0.6) is 0 Å². The van der Waals surface area contributed by atoms with Gasteiger partial charge in [0.2, 0.25) is 5.95 Å². The molecular weight excluding hydrogens is 336 g/mol. The van der Waals surface area contributed by atoms with Crippen LogP contribution in [0.3, 0.4) is 0 Å². The van der Waals surface area contributed by atoms with Crippen LogP contribution < -0.4 is 4.90 Å². The van der Waals surface area contributed by atoms with Gasteiger partial charge >= 0.3 is 5.97 Å². The second-order valence-electron chi connectivity index (χ2n) is 6.77. The molecule has 1 N–H and O–H groups in total. The molecule has 1 aromatic heterocycles. The van der Waals surface area contributed by atoms with Gasteiger partial charge in [0.05, 0.1) is 24.2 Å². The SMILES string of the molecule is Cn1c(N2CCOCC2)nc2cc(C(=O)N3CCC[C@H]3C(=O)O)ccc21. The summed E-state index contributed by atoms with van der Waals surface area (Å²) in [5.74, 6) is -0.322. The molecule has 2 fully saturated rings. The van der Waals surface area contributed by atoms with Gasteiger partial charge in [-0.1, -0.05) is 0 Å². The number of carboxylic acids is 1. The quantitative estimate of drug-likeness (QED) is 0.884. The summed E-state index contributed by atoms with van der Waals surface area (Å²) in [7, 11) is 1.96. The Morgan fingerprint density at radius 2 is 2.00 bits per heavy atom. The fourth-order valence-corrected chi connectivity index (χ4v) is 3.80. The molecule has 0 saturated carbocycles. The van der Waals surface area contributed by atoms with E-state index in [1.54, 1.807) is 12.1 Å². The molecule has 2 aliphatic heterocycles. The second-order valence-corrected chi connectivity index (χ2v) is 6.77. The monoisotopic (exact) mass is 358 g/mol. The van der Waals surface area contributed by atoms with E-state index < -0.39 is 12.0 Å². The van der Waals surface area contributed by atoms with Crippen molar-refractivity contribution >= 4 is 28.9 Å². The zero-order valence-electron chi connectivity index (χ0n) is 14.7. The predicted molar refractivity (Wildman–Crippen MR) is 95.4 cm³/mol. The maximum atomic E-state index is 12.8. The molecule has 4 rings (SSSR count). The molecule has 1 aromatic carbocycles. The highest BCUT2D eigenvalue weighted by Gasteiger charge is 2.34. The van der Waals surface area contributed by atoms with E-state index in [1.165, 1.54) is 4.90 Å². The minimum absolute atomic E-state index is 0.240. The van der Waals surface area contributed by atoms with Gasteiger partial charge in [0.15, 0.2) is 0 Å². The number of fused-ring (bicyclic) bond motifs is 1. The third-order valence-electron chi connectivity index (χ3n) is 5.20. The molecule has 8 nitrogen and oxygen atoms in total. The van der Waals surface area contributed by atoms with Gasteiger partial charge in [0.1, 0.15) is 6.04 Å². The molecule has 138 valence electrons. The lowest BCUT2D eigenvalue weighted by Crippen LogP contribution is -2.40. The van der Waals surface area contributed by atoms with Crippen molar-refractivity contribution in [2.45, 2.75) is 18.9 Å². The van der Waals surface area contributed by atoms with Crippen molar-refractivity contribution in [1.29, 1.82) is 0 Å². The largest absolute Gasteiger partial charge is 0.480 e. The van der Waals surface area contributed by atoms with Crippen LogP contribution in [0.15, 0.2) is 18.2 Å². The standard InChI is InChI=1S/C18H22N4O4/c1-20-14-5-4-12(16(23)22-6-2-3-15(22)17(24)25)11-13(14)19-18(20)21-7-9-26-10-8-21/h4-5,11,15H,2-3,6-10H2,1H3,(H,24,25)/t15-/m0/s1. The van der Waals surface area contributed by atoms with Crippen LogP contribution in [0.4, 0.5) is 5.95 Å². The summed E-state index contributed by atoms with van der Waals surface area (Å²) < 4.78 is 7.41. The highest BCUT2D eigenvalue weighted by Crippen LogP contribution is 2.25. The number of imidazole rings is 1. The van der Waals surface area contributed by atoms with Gasteiger partial charge in [-0.3, -0.25) is 4.79 Å². The van der Waals surface area contributed by atoms with Crippen molar-refractivity contribution in [3.8, 4) is 0 Å². The summed E-state index contributed by atoms with van der Waals surface area (Å²) in [5.41, 5.74) is 2.17. The Morgan fingerprint density at radius 3 is 2.73 bits per heavy atom. The van der Waals surface area contributed by atoms with E-state index >= 15 is 0 Å². The molecule has 1 atom stereocenters. The van der Waals surface area contributed by atoms with Crippen molar-refractivity contribution in [1.82, 2.24) is 14.5 Å². The number of likely N-dealkylation sites (tertiary alicyclic amines) is 1. The number of carbonyl (C=O) groups is 2. The Balaban J connectivity index is 1.65. The van der Waals surface area contributed by atoms with E-state index in [2.05, 4.69) is 4.90 Å². The van der Waals surface area contributed by atoms with Gasteiger partial charge in [-0.05, 0) is 31.0 Å². The summed E-state index contributed by atoms with van der Waals surface area (Å²) in [6.07, 6.45) is 1.23. The average Bonchev–Trinajstić information content (AvgIpc) is 3.27. The molecule has 2 aliphatic rings. The third kappa shape index (κ3) is 2.80. The normalized spacial score (nSPS) is 20.7. The number of nitrogens with zero attached hydrogens (tertiary/aromatic N) is 4. The Labute approximate surface area is 151 Å². The van der Waals surface area contributed by atoms with E-state index in [1.807, 2.05) is 17.7 Å². The Morgan fingerprint density at radius 1 is 1.23 bits per heavy atom. The van der Waals surface area contributed by atoms with E-state index in [-0.39, 0.29) is 5.91 Å². The maximum Gasteiger partial charge on any atom is 0.326 e. The molecular formula is C18H22N4O4. The number of aliphatic carboxylic acids is 1. The van der Waals surface area contributed by atoms with Crippen LogP contribution in [0.25, 0.3) is 11.0 Å². The second kappa shape index (κ2) is 6.60. The zero-order chi connectivity index (χ0) is 18.3. The summed E-state index contributed by atoms with van der Waals surface area (Å²) >= 11 is 0. The molecule has 2 aromatic rings. The molecule has 0 unspecified atom stereocenters. The number of aromatic nitrogens is 2. The maximum absolute atomic E-state index is 12.8. The highest BCUT2D eigenvalue weighted by atomic mass is 16.5. The predicted octanol–water partition coefficient (Wildman–Crippen LogP) is 1.10. The van der Waals surface area contributed by atoms with Gasteiger partial charge in [-0.2, -0.15) is 0 Å². The molecule has 0 aliphatic carbocycles. The number of carbonyl (C=O) groups excluding carboxylic acids is 1. The lowest BCUT2D eigenvalue weighted by molar-refractivity contribution is -0.141. The molecule has 8 heteroatoms. The number of carboxylic acid groups (broad SMARTS) is 1. The van der Waals surface area contributed by atoms with Crippen LogP contribution in [0, 0.1) is 0 Å². The van der Waals surface area contributed by atoms with E-state index in [0.29, 0.717) is 31.7 Å². The summed E-state index contributed by atoms with van der Waals surface area (Å²) in [6.45, 7) is 3.42. The zero-order valence-corrected chi connectivity index (χ0v) is 14.7.